The van der Waals surface area contributed by atoms with Gasteiger partial charge < -0.3 is 18.8 Å². The highest BCUT2D eigenvalue weighted by Gasteiger charge is 2.16. The molecule has 0 saturated heterocycles. The summed E-state index contributed by atoms with van der Waals surface area (Å²) in [6, 6.07) is 11.0. The number of hydrogen-bond acceptors (Lipinski definition) is 6. The molecular formula is C23H26N2O5S. The van der Waals surface area contributed by atoms with Crippen LogP contribution >= 0.6 is 11.3 Å². The highest BCUT2D eigenvalue weighted by molar-refractivity contribution is 7.16. The Labute approximate surface area is 184 Å². The average molecular weight is 443 g/mol. The van der Waals surface area contributed by atoms with Gasteiger partial charge in [-0.2, -0.15) is 4.99 Å². The summed E-state index contributed by atoms with van der Waals surface area (Å²) in [4.78, 5) is 29.7. The molecule has 0 N–H and O–H groups in total. The fraction of sp³-hybridized carbons (Fsp3) is 0.348. The lowest BCUT2D eigenvalue weighted by molar-refractivity contribution is -0.141. The second-order valence-electron chi connectivity index (χ2n) is 6.94. The van der Waals surface area contributed by atoms with Crippen molar-refractivity contribution in [2.24, 2.45) is 4.99 Å². The normalized spacial score (nSPS) is 11.5. The molecule has 0 aliphatic heterocycles. The van der Waals surface area contributed by atoms with Crippen LogP contribution in [0.25, 0.3) is 10.2 Å². The van der Waals surface area contributed by atoms with Crippen molar-refractivity contribution in [1.82, 2.24) is 4.57 Å². The van der Waals surface area contributed by atoms with Gasteiger partial charge in [0.05, 0.1) is 37.1 Å². The van der Waals surface area contributed by atoms with Crippen LogP contribution in [-0.4, -0.2) is 37.8 Å². The Kier molecular flexibility index (Phi) is 7.46. The van der Waals surface area contributed by atoms with Gasteiger partial charge in [0.15, 0.2) is 4.80 Å². The zero-order valence-electron chi connectivity index (χ0n) is 18.1. The molecule has 0 radical (unpaired) electrons. The third-order valence-corrected chi connectivity index (χ3v) is 5.96. The third kappa shape index (κ3) is 5.14. The number of methoxy groups -OCH3 is 3. The van der Waals surface area contributed by atoms with E-state index in [1.54, 1.807) is 29.9 Å². The monoisotopic (exact) mass is 442 g/mol. The van der Waals surface area contributed by atoms with Crippen molar-refractivity contribution in [3.8, 4) is 11.5 Å². The van der Waals surface area contributed by atoms with Crippen LogP contribution in [0.5, 0.6) is 11.5 Å². The van der Waals surface area contributed by atoms with E-state index in [4.69, 9.17) is 14.2 Å². The van der Waals surface area contributed by atoms with Gasteiger partial charge in [0.25, 0.3) is 5.91 Å². The Morgan fingerprint density at radius 1 is 1.06 bits per heavy atom. The number of aromatic nitrogens is 1. The van der Waals surface area contributed by atoms with Gasteiger partial charge in [-0.3, -0.25) is 9.59 Å². The highest BCUT2D eigenvalue weighted by atomic mass is 32.1. The maximum Gasteiger partial charge on any atom is 0.325 e. The van der Waals surface area contributed by atoms with E-state index in [9.17, 15) is 9.59 Å². The van der Waals surface area contributed by atoms with Crippen molar-refractivity contribution in [1.29, 1.82) is 0 Å². The lowest BCUT2D eigenvalue weighted by Crippen LogP contribution is -2.22. The number of thiazole rings is 1. The molecule has 164 valence electrons. The SMILES string of the molecule is CCCCc1ccc2c(c1)sc(=NC(=O)c1ccc(OC)cc1OC)n2CC(=O)OC. The van der Waals surface area contributed by atoms with E-state index >= 15 is 0 Å². The van der Waals surface area contributed by atoms with Crippen LogP contribution in [0.3, 0.4) is 0 Å². The van der Waals surface area contributed by atoms with E-state index < -0.39 is 11.9 Å². The Bertz CT molecular complexity index is 1160. The Hall–Kier alpha value is -3.13. The summed E-state index contributed by atoms with van der Waals surface area (Å²) < 4.78 is 18.0. The molecule has 1 aromatic heterocycles. The maximum absolute atomic E-state index is 13.0. The van der Waals surface area contributed by atoms with Crippen LogP contribution < -0.4 is 14.3 Å². The lowest BCUT2D eigenvalue weighted by atomic mass is 10.1. The first kappa shape index (κ1) is 22.6. The molecule has 0 fully saturated rings. The fourth-order valence-electron chi connectivity index (χ4n) is 3.21. The minimum absolute atomic E-state index is 0.0311. The first-order chi connectivity index (χ1) is 15.0. The van der Waals surface area contributed by atoms with Gasteiger partial charge in [-0.1, -0.05) is 30.7 Å². The number of carbonyl (C=O) groups excluding carboxylic acids is 2. The van der Waals surface area contributed by atoms with Gasteiger partial charge in [-0.15, -0.1) is 0 Å². The number of rotatable bonds is 8. The van der Waals surface area contributed by atoms with E-state index in [0.29, 0.717) is 21.9 Å². The molecule has 0 spiro atoms. The summed E-state index contributed by atoms with van der Waals surface area (Å²) in [5, 5.41) is 0. The lowest BCUT2D eigenvalue weighted by Gasteiger charge is -2.08. The van der Waals surface area contributed by atoms with Gasteiger partial charge in [-0.05, 0) is 42.7 Å². The van der Waals surface area contributed by atoms with Crippen LogP contribution in [-0.2, 0) is 22.5 Å². The Morgan fingerprint density at radius 3 is 2.55 bits per heavy atom. The molecule has 1 amide bonds. The highest BCUT2D eigenvalue weighted by Crippen LogP contribution is 2.25. The standard InChI is InChI=1S/C23H26N2O5S/c1-5-6-7-15-8-11-18-20(12-15)31-23(25(18)14-21(26)30-4)24-22(27)17-10-9-16(28-2)13-19(17)29-3/h8-13H,5-7,14H2,1-4H3. The number of ether oxygens (including phenoxy) is 3. The van der Waals surface area contributed by atoms with Crippen LogP contribution in [0.15, 0.2) is 41.4 Å². The molecule has 1 heterocycles. The molecular weight excluding hydrogens is 416 g/mol. The van der Waals surface area contributed by atoms with Crippen molar-refractivity contribution in [2.45, 2.75) is 32.7 Å². The van der Waals surface area contributed by atoms with Gasteiger partial charge in [0.2, 0.25) is 0 Å². The van der Waals surface area contributed by atoms with Crippen LogP contribution in [0.1, 0.15) is 35.7 Å². The Morgan fingerprint density at radius 2 is 1.87 bits per heavy atom. The van der Waals surface area contributed by atoms with Crippen molar-refractivity contribution < 1.29 is 23.8 Å². The minimum atomic E-state index is -0.462. The van der Waals surface area contributed by atoms with E-state index in [0.717, 1.165) is 29.5 Å². The number of hydrogen-bond donors (Lipinski definition) is 0. The van der Waals surface area contributed by atoms with E-state index in [1.807, 2.05) is 6.07 Å². The molecule has 31 heavy (non-hydrogen) atoms. The summed E-state index contributed by atoms with van der Waals surface area (Å²) in [6.45, 7) is 2.13. The molecule has 8 heteroatoms. The van der Waals surface area contributed by atoms with Gasteiger partial charge in [0.1, 0.15) is 18.0 Å². The minimum Gasteiger partial charge on any atom is -0.497 e. The predicted octanol–water partition coefficient (Wildman–Crippen LogP) is 3.98. The second-order valence-corrected chi connectivity index (χ2v) is 7.94. The number of nitrogens with zero attached hydrogens (tertiary/aromatic N) is 2. The summed E-state index contributed by atoms with van der Waals surface area (Å²) in [7, 11) is 4.37. The van der Waals surface area contributed by atoms with Crippen LogP contribution in [0, 0.1) is 0 Å². The topological polar surface area (TPSA) is 79.1 Å². The zero-order chi connectivity index (χ0) is 22.4. The largest absolute Gasteiger partial charge is 0.497 e. The third-order valence-electron chi connectivity index (χ3n) is 4.92. The van der Waals surface area contributed by atoms with E-state index in [-0.39, 0.29) is 6.54 Å². The summed E-state index contributed by atoms with van der Waals surface area (Å²) >= 11 is 1.37. The second kappa shape index (κ2) is 10.3. The molecule has 0 aliphatic rings. The average Bonchev–Trinajstić information content (AvgIpc) is 3.12. The molecule has 2 aromatic carbocycles. The number of aryl methyl sites for hydroxylation is 1. The molecule has 0 bridgehead atoms. The predicted molar refractivity (Wildman–Crippen MR) is 120 cm³/mol. The van der Waals surface area contributed by atoms with Gasteiger partial charge in [-0.25, -0.2) is 0 Å². The molecule has 7 nitrogen and oxygen atoms in total. The first-order valence-electron chi connectivity index (χ1n) is 10.0. The van der Waals surface area contributed by atoms with Crippen LogP contribution in [0.4, 0.5) is 0 Å². The van der Waals surface area contributed by atoms with Crippen LogP contribution in [0.2, 0.25) is 0 Å². The quantitative estimate of drug-likeness (QED) is 0.493. The van der Waals surface area contributed by atoms with Gasteiger partial charge >= 0.3 is 5.97 Å². The molecule has 3 rings (SSSR count). The molecule has 0 aliphatic carbocycles. The van der Waals surface area contributed by atoms with Gasteiger partial charge in [0, 0.05) is 6.07 Å². The summed E-state index contributed by atoms with van der Waals surface area (Å²) in [6.07, 6.45) is 3.20. The fourth-order valence-corrected chi connectivity index (χ4v) is 4.30. The van der Waals surface area contributed by atoms with Crippen molar-refractivity contribution >= 4 is 33.4 Å². The number of esters is 1. The van der Waals surface area contributed by atoms with E-state index in [2.05, 4.69) is 24.0 Å². The smallest absolute Gasteiger partial charge is 0.325 e. The molecule has 0 saturated carbocycles. The number of carbonyl (C=O) groups is 2. The number of fused-ring (bicyclic) bond motifs is 1. The summed E-state index contributed by atoms with van der Waals surface area (Å²) in [5.74, 6) is 0.0766. The zero-order valence-corrected chi connectivity index (χ0v) is 19.0. The van der Waals surface area contributed by atoms with E-state index in [1.165, 1.54) is 31.1 Å². The maximum atomic E-state index is 13.0. The Balaban J connectivity index is 2.10. The number of benzene rings is 2. The van der Waals surface area contributed by atoms with Crippen molar-refractivity contribution in [3.05, 3.63) is 52.3 Å². The molecule has 0 unspecified atom stereocenters. The van der Waals surface area contributed by atoms with Crippen molar-refractivity contribution in [3.63, 3.8) is 0 Å². The molecule has 0 atom stereocenters. The first-order valence-corrected chi connectivity index (χ1v) is 10.8. The molecule has 3 aromatic rings. The van der Waals surface area contributed by atoms with Crippen molar-refractivity contribution in [2.75, 3.05) is 21.3 Å². The number of unbranched alkanes of at least 4 members (excludes halogenated alkanes) is 1. The number of amides is 1. The summed E-state index contributed by atoms with van der Waals surface area (Å²) in [5.41, 5.74) is 2.37.